The number of hydrogen-bond acceptors (Lipinski definition) is 6. The number of piperazine rings is 1. The third-order valence-electron chi connectivity index (χ3n) is 7.12. The van der Waals surface area contributed by atoms with E-state index >= 15 is 0 Å². The minimum absolute atomic E-state index is 0.127. The molecule has 2 fully saturated rings. The summed E-state index contributed by atoms with van der Waals surface area (Å²) in [5, 5.41) is 0. The molecule has 0 spiro atoms. The van der Waals surface area contributed by atoms with Crippen molar-refractivity contribution in [2.45, 2.75) is 45.4 Å². The van der Waals surface area contributed by atoms with Crippen LogP contribution in [0.15, 0.2) is 29.4 Å². The van der Waals surface area contributed by atoms with Gasteiger partial charge in [-0.15, -0.1) is 0 Å². The summed E-state index contributed by atoms with van der Waals surface area (Å²) in [6.45, 7) is 11.1. The van der Waals surface area contributed by atoms with Crippen LogP contribution in [0.25, 0.3) is 0 Å². The largest absolute Gasteiger partial charge is 0.339 e. The van der Waals surface area contributed by atoms with E-state index in [1.807, 2.05) is 38.7 Å². The highest BCUT2D eigenvalue weighted by Crippen LogP contribution is 2.31. The lowest BCUT2D eigenvalue weighted by Crippen LogP contribution is -2.52. The average molecular weight is 472 g/mol. The number of hydrogen-bond donors (Lipinski definition) is 0. The molecule has 2 aliphatic rings. The maximum Gasteiger partial charge on any atom is 0.243 e. The standard InChI is InChI=1S/C24H33N5O3S/c1-17-16-18(2)20(4)22(19(17)3)33(31,32)29-10-6-21(7-11-29)23(30)27-12-14-28(15-13-27)24-25-8-5-9-26-24/h5,8-9,16,21H,6-7,10-15H2,1-4H3. The number of anilines is 1. The van der Waals surface area contributed by atoms with Gasteiger partial charge in [0.25, 0.3) is 0 Å². The van der Waals surface area contributed by atoms with Crippen molar-refractivity contribution in [1.29, 1.82) is 0 Å². The lowest BCUT2D eigenvalue weighted by Gasteiger charge is -2.38. The third-order valence-corrected chi connectivity index (χ3v) is 9.30. The Kier molecular flexibility index (Phi) is 6.72. The van der Waals surface area contributed by atoms with Crippen molar-refractivity contribution in [2.24, 2.45) is 5.92 Å². The van der Waals surface area contributed by atoms with Crippen molar-refractivity contribution >= 4 is 21.9 Å². The van der Waals surface area contributed by atoms with Gasteiger partial charge in [0.1, 0.15) is 0 Å². The van der Waals surface area contributed by atoms with Gasteiger partial charge in [0.15, 0.2) is 0 Å². The van der Waals surface area contributed by atoms with Crippen molar-refractivity contribution in [3.8, 4) is 0 Å². The van der Waals surface area contributed by atoms with E-state index < -0.39 is 10.0 Å². The summed E-state index contributed by atoms with van der Waals surface area (Å²) in [7, 11) is -3.59. The first-order valence-electron chi connectivity index (χ1n) is 11.6. The molecule has 9 heteroatoms. The van der Waals surface area contributed by atoms with Gasteiger partial charge in [0.2, 0.25) is 21.9 Å². The molecule has 0 unspecified atom stereocenters. The quantitative estimate of drug-likeness (QED) is 0.681. The smallest absolute Gasteiger partial charge is 0.243 e. The number of nitrogens with zero attached hydrogens (tertiary/aromatic N) is 5. The highest BCUT2D eigenvalue weighted by Gasteiger charge is 2.36. The molecule has 0 saturated carbocycles. The minimum atomic E-state index is -3.59. The Labute approximate surface area is 196 Å². The fourth-order valence-corrected chi connectivity index (χ4v) is 6.92. The number of rotatable bonds is 4. The van der Waals surface area contributed by atoms with Crippen LogP contribution in [0.2, 0.25) is 0 Å². The molecule has 2 aromatic rings. The maximum absolute atomic E-state index is 13.5. The Balaban J connectivity index is 1.38. The van der Waals surface area contributed by atoms with Gasteiger partial charge in [-0.05, 0) is 68.9 Å². The van der Waals surface area contributed by atoms with Crippen LogP contribution in [-0.4, -0.2) is 72.8 Å². The molecule has 4 rings (SSSR count). The van der Waals surface area contributed by atoms with Crippen LogP contribution in [0.5, 0.6) is 0 Å². The second-order valence-electron chi connectivity index (χ2n) is 9.13. The van der Waals surface area contributed by atoms with Crippen molar-refractivity contribution < 1.29 is 13.2 Å². The molecule has 1 amide bonds. The lowest BCUT2D eigenvalue weighted by molar-refractivity contribution is -0.137. The first-order chi connectivity index (χ1) is 15.7. The van der Waals surface area contributed by atoms with Crippen LogP contribution in [0.3, 0.4) is 0 Å². The highest BCUT2D eigenvalue weighted by molar-refractivity contribution is 7.89. The molecule has 1 aromatic carbocycles. The van der Waals surface area contributed by atoms with Gasteiger partial charge in [-0.1, -0.05) is 6.07 Å². The third kappa shape index (κ3) is 4.61. The monoisotopic (exact) mass is 471 g/mol. The van der Waals surface area contributed by atoms with Crippen molar-refractivity contribution in [3.63, 3.8) is 0 Å². The summed E-state index contributed by atoms with van der Waals surface area (Å²) in [5.41, 5.74) is 3.61. The van der Waals surface area contributed by atoms with Crippen molar-refractivity contribution in [3.05, 3.63) is 46.8 Å². The first kappa shape index (κ1) is 23.6. The number of aromatic nitrogens is 2. The molecule has 33 heavy (non-hydrogen) atoms. The van der Waals surface area contributed by atoms with E-state index in [9.17, 15) is 13.2 Å². The molecule has 0 aliphatic carbocycles. The van der Waals surface area contributed by atoms with Gasteiger partial charge in [0, 0.05) is 57.6 Å². The number of carbonyl (C=O) groups is 1. The molecular weight excluding hydrogens is 438 g/mol. The Morgan fingerprint density at radius 2 is 1.42 bits per heavy atom. The van der Waals surface area contributed by atoms with Crippen molar-refractivity contribution in [2.75, 3.05) is 44.2 Å². The van der Waals surface area contributed by atoms with Crippen LogP contribution < -0.4 is 4.90 Å². The average Bonchev–Trinajstić information content (AvgIpc) is 2.83. The zero-order valence-corrected chi connectivity index (χ0v) is 20.7. The molecule has 178 valence electrons. The maximum atomic E-state index is 13.5. The molecule has 3 heterocycles. The van der Waals surface area contributed by atoms with E-state index in [0.29, 0.717) is 63.0 Å². The van der Waals surface area contributed by atoms with Gasteiger partial charge in [0.05, 0.1) is 4.90 Å². The summed E-state index contributed by atoms with van der Waals surface area (Å²) in [5.74, 6) is 0.705. The van der Waals surface area contributed by atoms with E-state index in [2.05, 4.69) is 14.9 Å². The van der Waals surface area contributed by atoms with E-state index in [-0.39, 0.29) is 11.8 Å². The zero-order chi connectivity index (χ0) is 23.8. The molecule has 1 aromatic heterocycles. The normalized spacial score (nSPS) is 18.5. The summed E-state index contributed by atoms with van der Waals surface area (Å²) in [4.78, 5) is 26.1. The zero-order valence-electron chi connectivity index (χ0n) is 19.9. The molecule has 0 atom stereocenters. The number of piperidine rings is 1. The summed E-state index contributed by atoms with van der Waals surface area (Å²) >= 11 is 0. The predicted octanol–water partition coefficient (Wildman–Crippen LogP) is 2.46. The Bertz CT molecular complexity index is 1090. The van der Waals surface area contributed by atoms with Gasteiger partial charge in [-0.25, -0.2) is 18.4 Å². The molecule has 8 nitrogen and oxygen atoms in total. The van der Waals surface area contributed by atoms with Crippen LogP contribution >= 0.6 is 0 Å². The molecule has 0 bridgehead atoms. The van der Waals surface area contributed by atoms with Crippen LogP contribution in [0.1, 0.15) is 35.1 Å². The van der Waals surface area contributed by atoms with Gasteiger partial charge < -0.3 is 9.80 Å². The number of aryl methyl sites for hydroxylation is 2. The number of benzene rings is 1. The fourth-order valence-electron chi connectivity index (χ4n) is 4.88. The van der Waals surface area contributed by atoms with Crippen LogP contribution in [-0.2, 0) is 14.8 Å². The van der Waals surface area contributed by atoms with Gasteiger partial charge >= 0.3 is 0 Å². The second-order valence-corrected chi connectivity index (χ2v) is 11.0. The number of amides is 1. The highest BCUT2D eigenvalue weighted by atomic mass is 32.2. The first-order valence-corrected chi connectivity index (χ1v) is 13.0. The molecular formula is C24H33N5O3S. The number of carbonyl (C=O) groups excluding carboxylic acids is 1. The van der Waals surface area contributed by atoms with E-state index in [1.54, 1.807) is 22.8 Å². The lowest BCUT2D eigenvalue weighted by atomic mass is 9.96. The number of sulfonamides is 1. The predicted molar refractivity (Wildman–Crippen MR) is 128 cm³/mol. The molecule has 0 N–H and O–H groups in total. The van der Waals surface area contributed by atoms with E-state index in [0.717, 1.165) is 22.3 Å². The van der Waals surface area contributed by atoms with Crippen molar-refractivity contribution in [1.82, 2.24) is 19.2 Å². The van der Waals surface area contributed by atoms with Gasteiger partial charge in [-0.3, -0.25) is 4.79 Å². The minimum Gasteiger partial charge on any atom is -0.339 e. The fraction of sp³-hybridized carbons (Fsp3) is 0.542. The van der Waals surface area contributed by atoms with E-state index in [1.165, 1.54) is 0 Å². The molecule has 0 radical (unpaired) electrons. The Morgan fingerprint density at radius 1 is 0.879 bits per heavy atom. The molecule has 2 saturated heterocycles. The SMILES string of the molecule is Cc1cc(C)c(C)c(S(=O)(=O)N2CCC(C(=O)N3CCN(c4ncccn4)CC3)CC2)c1C. The summed E-state index contributed by atoms with van der Waals surface area (Å²) < 4.78 is 28.6. The Morgan fingerprint density at radius 3 is 1.97 bits per heavy atom. The van der Waals surface area contributed by atoms with Gasteiger partial charge in [-0.2, -0.15) is 4.31 Å². The topological polar surface area (TPSA) is 86.7 Å². The van der Waals surface area contributed by atoms with Crippen LogP contribution in [0, 0.1) is 33.6 Å². The summed E-state index contributed by atoms with van der Waals surface area (Å²) in [6.07, 6.45) is 4.57. The summed E-state index contributed by atoms with van der Waals surface area (Å²) in [6, 6.07) is 3.83. The Hall–Kier alpha value is -2.52. The van der Waals surface area contributed by atoms with E-state index in [4.69, 9.17) is 0 Å². The van der Waals surface area contributed by atoms with Crippen LogP contribution in [0.4, 0.5) is 5.95 Å². The molecule has 2 aliphatic heterocycles. The second kappa shape index (κ2) is 9.38.